The van der Waals surface area contributed by atoms with Gasteiger partial charge in [-0.2, -0.15) is 0 Å². The Bertz CT molecular complexity index is 631. The molecule has 1 atom stereocenters. The average Bonchev–Trinajstić information content (AvgIpc) is 2.44. The number of esters is 1. The Balaban J connectivity index is 2.06. The quantitative estimate of drug-likeness (QED) is 0.869. The minimum atomic E-state index is -0.775. The molecule has 1 N–H and O–H groups in total. The Morgan fingerprint density at radius 3 is 2.60 bits per heavy atom. The second-order valence-electron chi connectivity index (χ2n) is 4.61. The summed E-state index contributed by atoms with van der Waals surface area (Å²) in [6, 6.07) is 14.0. The summed E-state index contributed by atoms with van der Waals surface area (Å²) in [6.45, 7) is 3.25. The third-order valence-electron chi connectivity index (χ3n) is 3.04. The summed E-state index contributed by atoms with van der Waals surface area (Å²) in [5.74, 6) is -0.758. The van der Waals surface area contributed by atoms with Crippen molar-refractivity contribution in [3.63, 3.8) is 0 Å². The van der Waals surface area contributed by atoms with Gasteiger partial charge in [-0.25, -0.2) is 0 Å². The van der Waals surface area contributed by atoms with Crippen molar-refractivity contribution in [2.24, 2.45) is 0 Å². The largest absolute Gasteiger partial charge is 0.453 e. The minimum absolute atomic E-state index is 0.298. The zero-order valence-electron chi connectivity index (χ0n) is 11.6. The number of ether oxygens (including phenoxy) is 1. The van der Waals surface area contributed by atoms with Crippen molar-refractivity contribution < 1.29 is 14.3 Å². The van der Waals surface area contributed by atoms with Gasteiger partial charge in [-0.05, 0) is 23.3 Å². The molecule has 2 rings (SSSR count). The number of fused-ring (bicyclic) bond motifs is 1. The van der Waals surface area contributed by atoms with Crippen LogP contribution < -0.4 is 5.32 Å². The third-order valence-corrected chi connectivity index (χ3v) is 3.04. The predicted molar refractivity (Wildman–Crippen MR) is 77.0 cm³/mol. The van der Waals surface area contributed by atoms with Gasteiger partial charge in [-0.15, -0.1) is 0 Å². The highest BCUT2D eigenvalue weighted by Gasteiger charge is 2.15. The maximum atomic E-state index is 11.8. The van der Waals surface area contributed by atoms with Gasteiger partial charge in [0, 0.05) is 13.5 Å². The van der Waals surface area contributed by atoms with Gasteiger partial charge in [0.25, 0.3) is 5.91 Å². The van der Waals surface area contributed by atoms with Crippen molar-refractivity contribution in [2.45, 2.75) is 26.5 Å². The fraction of sp³-hybridized carbons (Fsp3) is 0.250. The number of carbonyl (C=O) groups excluding carboxylic acids is 2. The summed E-state index contributed by atoms with van der Waals surface area (Å²) < 4.78 is 4.84. The van der Waals surface area contributed by atoms with E-state index in [2.05, 4.69) is 5.32 Å². The van der Waals surface area contributed by atoms with E-state index in [1.807, 2.05) is 42.5 Å². The molecule has 0 bridgehead atoms. The van der Waals surface area contributed by atoms with Gasteiger partial charge in [0.1, 0.15) is 0 Å². The topological polar surface area (TPSA) is 55.4 Å². The second-order valence-corrected chi connectivity index (χ2v) is 4.61. The lowest BCUT2D eigenvalue weighted by atomic mass is 10.0. The molecule has 0 aliphatic rings. The van der Waals surface area contributed by atoms with Crippen molar-refractivity contribution in [3.05, 3.63) is 48.0 Å². The molecule has 0 saturated heterocycles. The van der Waals surface area contributed by atoms with Crippen LogP contribution in [0.2, 0.25) is 0 Å². The predicted octanol–water partition coefficient (Wildman–Crippen LogP) is 2.41. The summed E-state index contributed by atoms with van der Waals surface area (Å²) in [5.41, 5.74) is 1.03. The van der Waals surface area contributed by atoms with Crippen LogP contribution in [0.1, 0.15) is 19.4 Å². The molecule has 0 aliphatic heterocycles. The smallest absolute Gasteiger partial charge is 0.303 e. The van der Waals surface area contributed by atoms with Crippen molar-refractivity contribution in [3.8, 4) is 0 Å². The highest BCUT2D eigenvalue weighted by atomic mass is 16.5. The Morgan fingerprint density at radius 1 is 1.15 bits per heavy atom. The van der Waals surface area contributed by atoms with Crippen LogP contribution in [0, 0.1) is 0 Å². The van der Waals surface area contributed by atoms with Gasteiger partial charge in [0.05, 0.1) is 0 Å². The Labute approximate surface area is 117 Å². The molecule has 0 radical (unpaired) electrons. The molecule has 2 aromatic rings. The van der Waals surface area contributed by atoms with Crippen LogP contribution in [0.3, 0.4) is 0 Å². The summed E-state index contributed by atoms with van der Waals surface area (Å²) in [6.07, 6.45) is -0.775. The number of amides is 1. The van der Waals surface area contributed by atoms with Gasteiger partial charge in [-0.3, -0.25) is 9.59 Å². The first-order valence-electron chi connectivity index (χ1n) is 6.49. The van der Waals surface area contributed by atoms with E-state index in [1.54, 1.807) is 6.92 Å². The Hall–Kier alpha value is -2.36. The summed E-state index contributed by atoms with van der Waals surface area (Å²) in [5, 5.41) is 5.02. The maximum Gasteiger partial charge on any atom is 0.303 e. The van der Waals surface area contributed by atoms with E-state index < -0.39 is 12.1 Å². The van der Waals surface area contributed by atoms with Gasteiger partial charge < -0.3 is 10.1 Å². The number of benzene rings is 2. The molecule has 0 fully saturated rings. The van der Waals surface area contributed by atoms with E-state index in [0.717, 1.165) is 16.3 Å². The summed E-state index contributed by atoms with van der Waals surface area (Å²) in [4.78, 5) is 22.6. The second kappa shape index (κ2) is 6.19. The van der Waals surface area contributed by atoms with Crippen molar-refractivity contribution in [1.82, 2.24) is 5.32 Å². The maximum absolute atomic E-state index is 11.8. The average molecular weight is 271 g/mol. The Morgan fingerprint density at radius 2 is 1.85 bits per heavy atom. The SMILES string of the molecule is CC(=O)O[C@@H](C)C(=O)NCc1cccc2ccccc12. The van der Waals surface area contributed by atoms with Crippen molar-refractivity contribution in [1.29, 1.82) is 0 Å². The van der Waals surface area contributed by atoms with Gasteiger partial charge in [0.15, 0.2) is 6.10 Å². The van der Waals surface area contributed by atoms with Crippen molar-refractivity contribution >= 4 is 22.6 Å². The molecule has 0 aromatic heterocycles. The molecule has 104 valence electrons. The number of hydrogen-bond donors (Lipinski definition) is 1. The van der Waals surface area contributed by atoms with Gasteiger partial charge in [-0.1, -0.05) is 42.5 Å². The molecular weight excluding hydrogens is 254 g/mol. The number of nitrogens with one attached hydrogen (secondary N) is 1. The summed E-state index contributed by atoms with van der Waals surface area (Å²) >= 11 is 0. The van der Waals surface area contributed by atoms with Crippen LogP contribution in [-0.4, -0.2) is 18.0 Å². The molecule has 0 aliphatic carbocycles. The van der Waals surface area contributed by atoms with E-state index in [-0.39, 0.29) is 5.91 Å². The molecular formula is C16H17NO3. The molecule has 0 saturated carbocycles. The Kier molecular flexibility index (Phi) is 4.35. The lowest BCUT2D eigenvalue weighted by Gasteiger charge is -2.13. The molecule has 20 heavy (non-hydrogen) atoms. The van der Waals surface area contributed by atoms with E-state index in [0.29, 0.717) is 6.54 Å². The van der Waals surface area contributed by atoms with E-state index in [9.17, 15) is 9.59 Å². The number of rotatable bonds is 4. The van der Waals surface area contributed by atoms with Crippen molar-refractivity contribution in [2.75, 3.05) is 0 Å². The van der Waals surface area contributed by atoms with Crippen LogP contribution in [0.25, 0.3) is 10.8 Å². The van der Waals surface area contributed by atoms with Crippen LogP contribution in [0.4, 0.5) is 0 Å². The number of hydrogen-bond acceptors (Lipinski definition) is 3. The molecule has 0 spiro atoms. The first kappa shape index (κ1) is 14.1. The number of carbonyl (C=O) groups is 2. The molecule has 4 nitrogen and oxygen atoms in total. The van der Waals surface area contributed by atoms with Crippen LogP contribution in [0.5, 0.6) is 0 Å². The normalized spacial score (nSPS) is 11.9. The monoisotopic (exact) mass is 271 g/mol. The zero-order chi connectivity index (χ0) is 14.5. The molecule has 0 unspecified atom stereocenters. The lowest BCUT2D eigenvalue weighted by Crippen LogP contribution is -2.35. The van der Waals surface area contributed by atoms with Gasteiger partial charge >= 0.3 is 5.97 Å². The molecule has 0 heterocycles. The fourth-order valence-corrected chi connectivity index (χ4v) is 2.08. The van der Waals surface area contributed by atoms with Crippen LogP contribution in [0.15, 0.2) is 42.5 Å². The third kappa shape index (κ3) is 3.35. The van der Waals surface area contributed by atoms with Gasteiger partial charge in [0.2, 0.25) is 0 Å². The van der Waals surface area contributed by atoms with E-state index >= 15 is 0 Å². The fourth-order valence-electron chi connectivity index (χ4n) is 2.08. The standard InChI is InChI=1S/C16H17NO3/c1-11(20-12(2)18)16(19)17-10-14-8-5-7-13-6-3-4-9-15(13)14/h3-9,11H,10H2,1-2H3,(H,17,19)/t11-/m0/s1. The highest BCUT2D eigenvalue weighted by molar-refractivity contribution is 5.87. The highest BCUT2D eigenvalue weighted by Crippen LogP contribution is 2.18. The van der Waals surface area contributed by atoms with E-state index in [1.165, 1.54) is 6.92 Å². The minimum Gasteiger partial charge on any atom is -0.453 e. The van der Waals surface area contributed by atoms with Crippen LogP contribution in [-0.2, 0) is 20.9 Å². The zero-order valence-corrected chi connectivity index (χ0v) is 11.6. The first-order chi connectivity index (χ1) is 9.58. The van der Waals surface area contributed by atoms with Crippen LogP contribution >= 0.6 is 0 Å². The molecule has 4 heteroatoms. The lowest BCUT2D eigenvalue weighted by molar-refractivity contribution is -0.152. The van der Waals surface area contributed by atoms with E-state index in [4.69, 9.17) is 4.74 Å². The summed E-state index contributed by atoms with van der Waals surface area (Å²) in [7, 11) is 0. The molecule has 1 amide bonds. The molecule has 2 aromatic carbocycles. The first-order valence-corrected chi connectivity index (χ1v) is 6.49.